The number of aromatic nitrogens is 4. The van der Waals surface area contributed by atoms with Gasteiger partial charge in [0, 0.05) is 32.6 Å². The van der Waals surface area contributed by atoms with E-state index < -0.39 is 41.9 Å². The van der Waals surface area contributed by atoms with Crippen LogP contribution in [-0.4, -0.2) is 87.7 Å². The lowest BCUT2D eigenvalue weighted by atomic mass is 9.73. The van der Waals surface area contributed by atoms with Crippen molar-refractivity contribution >= 4 is 52.1 Å². The van der Waals surface area contributed by atoms with E-state index in [2.05, 4.69) is 37.8 Å². The van der Waals surface area contributed by atoms with Gasteiger partial charge in [-0.2, -0.15) is 15.6 Å². The van der Waals surface area contributed by atoms with Gasteiger partial charge < -0.3 is 20.2 Å². The van der Waals surface area contributed by atoms with Crippen LogP contribution in [0.15, 0.2) is 31.3 Å². The van der Waals surface area contributed by atoms with E-state index in [9.17, 15) is 25.2 Å². The van der Waals surface area contributed by atoms with Crippen molar-refractivity contribution in [1.29, 1.82) is 10.5 Å². The van der Waals surface area contributed by atoms with E-state index in [4.69, 9.17) is 11.6 Å². The van der Waals surface area contributed by atoms with E-state index >= 15 is 8.78 Å². The molecule has 13 nitrogen and oxygen atoms in total. The fourth-order valence-electron chi connectivity index (χ4n) is 6.29. The van der Waals surface area contributed by atoms with Crippen LogP contribution in [-0.2, 0) is 13.1 Å². The number of carbonyl (C=O) groups is 2. The van der Waals surface area contributed by atoms with Crippen molar-refractivity contribution in [1.82, 2.24) is 35.3 Å². The summed E-state index contributed by atoms with van der Waals surface area (Å²) in [7, 11) is 1.17. The Morgan fingerprint density at radius 1 is 1.22 bits per heavy atom. The molecule has 1 unspecified atom stereocenters. The summed E-state index contributed by atoms with van der Waals surface area (Å²) in [5, 5.41) is 40.8. The van der Waals surface area contributed by atoms with Gasteiger partial charge in [0.1, 0.15) is 29.3 Å². The van der Waals surface area contributed by atoms with Crippen molar-refractivity contribution in [3.63, 3.8) is 0 Å². The number of nitriles is 2. The fraction of sp³-hybridized carbons (Fsp3) is 0.444. The second-order valence-electron chi connectivity index (χ2n) is 11.3. The summed E-state index contributed by atoms with van der Waals surface area (Å²) in [6.45, 7) is -0.683. The first kappa shape index (κ1) is 31.1. The van der Waals surface area contributed by atoms with Crippen molar-refractivity contribution in [2.24, 2.45) is 5.41 Å². The average molecular weight is 677 g/mol. The zero-order chi connectivity index (χ0) is 32.4. The highest BCUT2D eigenvalue weighted by atomic mass is 35.5. The van der Waals surface area contributed by atoms with Gasteiger partial charge in [-0.1, -0.05) is 23.4 Å². The van der Waals surface area contributed by atoms with Gasteiger partial charge in [-0.05, 0) is 29.6 Å². The van der Waals surface area contributed by atoms with Gasteiger partial charge in [-0.3, -0.25) is 14.8 Å². The number of carboxylic acid groups (broad SMARTS) is 1. The van der Waals surface area contributed by atoms with Crippen molar-refractivity contribution in [3.8, 4) is 12.1 Å². The second kappa shape index (κ2) is 11.2. The SMILES string of the molecule is CSc1nc(N2Cc3c(Cl)c(C(=O)N(C)C)nn3CC(F)(F)C2)c(C#N)c([SH]2C3=C(C(C#N)=C2NC(=O)O)C2(CC3)CNC2)n1. The van der Waals surface area contributed by atoms with Crippen molar-refractivity contribution in [2.75, 3.05) is 44.9 Å². The number of fused-ring (bicyclic) bond motifs is 2. The average Bonchev–Trinajstić information content (AvgIpc) is 3.56. The number of alkyl halides is 2. The highest BCUT2D eigenvalue weighted by Crippen LogP contribution is 2.67. The van der Waals surface area contributed by atoms with E-state index in [0.717, 1.165) is 33.3 Å². The molecule has 0 aromatic carbocycles. The summed E-state index contributed by atoms with van der Waals surface area (Å²) in [6, 6.07) is 4.31. The highest BCUT2D eigenvalue weighted by molar-refractivity contribution is 8.24. The quantitative estimate of drug-likeness (QED) is 0.158. The van der Waals surface area contributed by atoms with Gasteiger partial charge in [0.2, 0.25) is 0 Å². The summed E-state index contributed by atoms with van der Waals surface area (Å²) in [6.07, 6.45) is 1.64. The number of thioether (sulfide) groups is 1. The van der Waals surface area contributed by atoms with Gasteiger partial charge in [0.05, 0.1) is 34.4 Å². The van der Waals surface area contributed by atoms with Crippen LogP contribution in [0.2, 0.25) is 5.02 Å². The Hall–Kier alpha value is -3.90. The molecular weight excluding hydrogens is 650 g/mol. The van der Waals surface area contributed by atoms with Crippen molar-refractivity contribution < 1.29 is 23.5 Å². The van der Waals surface area contributed by atoms with Gasteiger partial charge in [-0.25, -0.2) is 23.5 Å². The van der Waals surface area contributed by atoms with Crippen LogP contribution in [0, 0.1) is 28.1 Å². The molecule has 5 heterocycles. The smallest absolute Gasteiger partial charge is 0.409 e. The third-order valence-corrected chi connectivity index (χ3v) is 11.8. The molecule has 1 atom stereocenters. The Kier molecular flexibility index (Phi) is 7.72. The van der Waals surface area contributed by atoms with Gasteiger partial charge in [0.15, 0.2) is 16.7 Å². The maximum absolute atomic E-state index is 15.5. The first-order valence-corrected chi connectivity index (χ1v) is 16.6. The first-order valence-electron chi connectivity index (χ1n) is 13.7. The van der Waals surface area contributed by atoms with Crippen LogP contribution in [0.5, 0.6) is 0 Å². The zero-order valence-electron chi connectivity index (χ0n) is 24.3. The molecule has 1 aliphatic carbocycles. The number of hydrogen-bond acceptors (Lipinski definition) is 10. The number of nitrogens with one attached hydrogen (secondary N) is 2. The number of allylic oxidation sites excluding steroid dienone is 2. The van der Waals surface area contributed by atoms with E-state index in [1.54, 1.807) is 6.26 Å². The third kappa shape index (κ3) is 4.98. The Balaban J connectivity index is 1.54. The Labute approximate surface area is 268 Å². The summed E-state index contributed by atoms with van der Waals surface area (Å²) in [5.74, 6) is -4.01. The lowest BCUT2D eigenvalue weighted by molar-refractivity contribution is -0.00845. The topological polar surface area (TPSA) is 176 Å². The number of nitrogens with zero attached hydrogens (tertiary/aromatic N) is 8. The molecule has 1 fully saturated rings. The molecule has 1 saturated heterocycles. The monoisotopic (exact) mass is 676 g/mol. The number of amides is 2. The standard InChI is InChI=1S/C27H27ClF2N10O3S2/c1-38(2)23(41)19-18(28)15-8-39(11-27(29,30)12-40(15)37-19)20-14(7-32)22(35-24(34-20)44-3)45-16-4-5-26(9-33-10-26)17(16)13(6-31)21(45)36-25(42)43/h33,36,45H,4-5,8-12H2,1-3H3,(H,42,43). The van der Waals surface area contributed by atoms with E-state index in [1.165, 1.54) is 23.9 Å². The van der Waals surface area contributed by atoms with E-state index in [-0.39, 0.29) is 60.5 Å². The molecule has 18 heteroatoms. The summed E-state index contributed by atoms with van der Waals surface area (Å²) < 4.78 is 32.0. The van der Waals surface area contributed by atoms with E-state index in [1.807, 2.05) is 0 Å². The predicted molar refractivity (Wildman–Crippen MR) is 162 cm³/mol. The zero-order valence-corrected chi connectivity index (χ0v) is 26.7. The van der Waals surface area contributed by atoms with Crippen LogP contribution in [0.4, 0.5) is 19.4 Å². The number of thiol groups is 1. The molecule has 236 valence electrons. The summed E-state index contributed by atoms with van der Waals surface area (Å²) in [5.41, 5.74) is 0.562. The molecule has 2 aromatic heterocycles. The summed E-state index contributed by atoms with van der Waals surface area (Å²) >= 11 is 7.69. The van der Waals surface area contributed by atoms with Crippen LogP contribution in [0.25, 0.3) is 0 Å². The van der Waals surface area contributed by atoms with Crippen LogP contribution >= 0.6 is 34.3 Å². The van der Waals surface area contributed by atoms with Gasteiger partial charge in [-0.15, -0.1) is 10.9 Å². The van der Waals surface area contributed by atoms with Gasteiger partial charge >= 0.3 is 6.09 Å². The maximum atomic E-state index is 15.5. The molecular formula is C27H27ClF2N10O3S2. The number of anilines is 1. The molecule has 2 amide bonds. The second-order valence-corrected chi connectivity index (χ2v) is 14.6. The third-order valence-electron chi connectivity index (χ3n) is 8.31. The molecule has 0 saturated carbocycles. The molecule has 45 heavy (non-hydrogen) atoms. The van der Waals surface area contributed by atoms with Gasteiger partial charge in [0.25, 0.3) is 11.8 Å². The lowest BCUT2D eigenvalue weighted by Crippen LogP contribution is -2.53. The molecule has 0 bridgehead atoms. The van der Waals surface area contributed by atoms with Crippen LogP contribution < -0.4 is 15.5 Å². The Morgan fingerprint density at radius 2 is 1.96 bits per heavy atom. The molecule has 2 aromatic rings. The molecule has 0 radical (unpaired) electrons. The number of rotatable bonds is 5. The minimum atomic E-state index is -3.37. The largest absolute Gasteiger partial charge is 0.465 e. The number of hydrogen-bond donors (Lipinski definition) is 4. The molecule has 6 rings (SSSR count). The minimum Gasteiger partial charge on any atom is -0.465 e. The molecule has 4 aliphatic rings. The molecule has 3 N–H and O–H groups in total. The van der Waals surface area contributed by atoms with Crippen LogP contribution in [0.1, 0.15) is 34.6 Å². The fourth-order valence-corrected chi connectivity index (χ4v) is 9.81. The molecule has 3 aliphatic heterocycles. The number of halogens is 3. The minimum absolute atomic E-state index is 0.0795. The predicted octanol–water partition coefficient (Wildman–Crippen LogP) is 3.29. The summed E-state index contributed by atoms with van der Waals surface area (Å²) in [4.78, 5) is 37.2. The maximum Gasteiger partial charge on any atom is 0.409 e. The normalized spacial score (nSPS) is 21.9. The Bertz CT molecular complexity index is 1810. The first-order chi connectivity index (χ1) is 21.3. The van der Waals surface area contributed by atoms with E-state index in [0.29, 0.717) is 19.5 Å². The Morgan fingerprint density at radius 3 is 2.53 bits per heavy atom. The van der Waals surface area contributed by atoms with Crippen LogP contribution in [0.3, 0.4) is 0 Å². The lowest BCUT2D eigenvalue weighted by Gasteiger charge is -2.41. The van der Waals surface area contributed by atoms with Crippen molar-refractivity contribution in [2.45, 2.75) is 42.0 Å². The molecule has 1 spiro atoms. The highest BCUT2D eigenvalue weighted by Gasteiger charge is 2.53. The number of carbonyl (C=O) groups excluding carboxylic acids is 1. The van der Waals surface area contributed by atoms with Crippen molar-refractivity contribution in [3.05, 3.63) is 43.1 Å².